The number of fused-ring (bicyclic) bond motifs is 1. The Balaban J connectivity index is 1.85. The van der Waals surface area contributed by atoms with Crippen molar-refractivity contribution in [1.82, 2.24) is 9.88 Å². The quantitative estimate of drug-likeness (QED) is 0.731. The third-order valence-electron chi connectivity index (χ3n) is 3.20. The SMILES string of the molecule is CN(Cc1cccnc1)C(=O)c1coc2ccccc12. The number of hydrogen-bond acceptors (Lipinski definition) is 3. The molecule has 0 radical (unpaired) electrons. The van der Waals surface area contributed by atoms with E-state index in [4.69, 9.17) is 4.42 Å². The molecule has 0 saturated carbocycles. The summed E-state index contributed by atoms with van der Waals surface area (Å²) in [4.78, 5) is 18.2. The Morgan fingerprint density at radius 2 is 2.10 bits per heavy atom. The van der Waals surface area contributed by atoms with E-state index in [-0.39, 0.29) is 5.91 Å². The van der Waals surface area contributed by atoms with Crippen LogP contribution in [0.3, 0.4) is 0 Å². The smallest absolute Gasteiger partial charge is 0.257 e. The number of carbonyl (C=O) groups is 1. The van der Waals surface area contributed by atoms with Crippen LogP contribution < -0.4 is 0 Å². The van der Waals surface area contributed by atoms with Crippen LogP contribution in [0.1, 0.15) is 15.9 Å². The number of aromatic nitrogens is 1. The summed E-state index contributed by atoms with van der Waals surface area (Å²) in [6.45, 7) is 0.520. The van der Waals surface area contributed by atoms with Gasteiger partial charge in [-0.15, -0.1) is 0 Å². The molecule has 20 heavy (non-hydrogen) atoms. The number of benzene rings is 1. The number of pyridine rings is 1. The summed E-state index contributed by atoms with van der Waals surface area (Å²) in [5.74, 6) is -0.0567. The average molecular weight is 266 g/mol. The maximum atomic E-state index is 12.5. The van der Waals surface area contributed by atoms with Crippen molar-refractivity contribution < 1.29 is 9.21 Å². The molecule has 3 rings (SSSR count). The molecule has 0 spiro atoms. The number of hydrogen-bond donors (Lipinski definition) is 0. The number of nitrogens with zero attached hydrogens (tertiary/aromatic N) is 2. The first-order valence-electron chi connectivity index (χ1n) is 6.36. The van der Waals surface area contributed by atoms with Crippen LogP contribution in [0.25, 0.3) is 11.0 Å². The largest absolute Gasteiger partial charge is 0.463 e. The zero-order valence-corrected chi connectivity index (χ0v) is 11.1. The van der Waals surface area contributed by atoms with Crippen LogP contribution in [0.5, 0.6) is 0 Å². The lowest BCUT2D eigenvalue weighted by atomic mass is 10.1. The third-order valence-corrected chi connectivity index (χ3v) is 3.20. The lowest BCUT2D eigenvalue weighted by Crippen LogP contribution is -2.26. The van der Waals surface area contributed by atoms with Gasteiger partial charge in [0.25, 0.3) is 5.91 Å². The molecule has 0 saturated heterocycles. The Labute approximate surface area is 116 Å². The average Bonchev–Trinajstić information content (AvgIpc) is 2.91. The highest BCUT2D eigenvalue weighted by Crippen LogP contribution is 2.22. The fraction of sp³-hybridized carbons (Fsp3) is 0.125. The van der Waals surface area contributed by atoms with E-state index in [1.54, 1.807) is 24.3 Å². The Hall–Kier alpha value is -2.62. The van der Waals surface area contributed by atoms with Crippen LogP contribution in [0.4, 0.5) is 0 Å². The van der Waals surface area contributed by atoms with E-state index in [0.717, 1.165) is 16.5 Å². The maximum Gasteiger partial charge on any atom is 0.257 e. The minimum absolute atomic E-state index is 0.0567. The van der Waals surface area contributed by atoms with E-state index in [0.29, 0.717) is 12.1 Å². The number of rotatable bonds is 3. The molecule has 0 N–H and O–H groups in total. The van der Waals surface area contributed by atoms with Crippen molar-refractivity contribution >= 4 is 16.9 Å². The fourth-order valence-corrected chi connectivity index (χ4v) is 2.19. The van der Waals surface area contributed by atoms with E-state index >= 15 is 0 Å². The highest BCUT2D eigenvalue weighted by molar-refractivity contribution is 6.05. The molecule has 0 fully saturated rings. The van der Waals surface area contributed by atoms with Crippen molar-refractivity contribution in [1.29, 1.82) is 0 Å². The van der Waals surface area contributed by atoms with Gasteiger partial charge in [-0.1, -0.05) is 24.3 Å². The van der Waals surface area contributed by atoms with Gasteiger partial charge < -0.3 is 9.32 Å². The van der Waals surface area contributed by atoms with Gasteiger partial charge in [0.15, 0.2) is 0 Å². The minimum Gasteiger partial charge on any atom is -0.463 e. The van der Waals surface area contributed by atoms with E-state index in [9.17, 15) is 4.79 Å². The molecule has 100 valence electrons. The lowest BCUT2D eigenvalue weighted by molar-refractivity contribution is 0.0786. The second kappa shape index (κ2) is 5.17. The number of carbonyl (C=O) groups excluding carboxylic acids is 1. The molecule has 4 heteroatoms. The van der Waals surface area contributed by atoms with Crippen molar-refractivity contribution in [3.63, 3.8) is 0 Å². The molecular formula is C16H14N2O2. The Morgan fingerprint density at radius 3 is 2.90 bits per heavy atom. The predicted molar refractivity (Wildman–Crippen MR) is 76.2 cm³/mol. The molecule has 0 aliphatic carbocycles. The molecule has 0 aliphatic heterocycles. The van der Waals surface area contributed by atoms with Crippen LogP contribution in [-0.4, -0.2) is 22.8 Å². The van der Waals surface area contributed by atoms with Crippen LogP contribution in [0, 0.1) is 0 Å². The monoisotopic (exact) mass is 266 g/mol. The van der Waals surface area contributed by atoms with Crippen molar-refractivity contribution in [3.05, 3.63) is 66.2 Å². The lowest BCUT2D eigenvalue weighted by Gasteiger charge is -2.16. The van der Waals surface area contributed by atoms with Crippen molar-refractivity contribution in [2.75, 3.05) is 7.05 Å². The van der Waals surface area contributed by atoms with Gasteiger partial charge in [-0.2, -0.15) is 0 Å². The molecule has 2 heterocycles. The molecule has 0 unspecified atom stereocenters. The summed E-state index contributed by atoms with van der Waals surface area (Å²) >= 11 is 0. The second-order valence-corrected chi connectivity index (χ2v) is 4.67. The molecule has 0 bridgehead atoms. The normalized spacial score (nSPS) is 10.7. The van der Waals surface area contributed by atoms with E-state index in [2.05, 4.69) is 4.98 Å². The van der Waals surface area contributed by atoms with E-state index < -0.39 is 0 Å². The van der Waals surface area contributed by atoms with Crippen LogP contribution in [-0.2, 0) is 6.54 Å². The third kappa shape index (κ3) is 2.28. The molecule has 3 aromatic rings. The van der Waals surface area contributed by atoms with Crippen LogP contribution in [0.15, 0.2) is 59.5 Å². The van der Waals surface area contributed by atoms with Gasteiger partial charge in [0, 0.05) is 31.4 Å². The van der Waals surface area contributed by atoms with Gasteiger partial charge in [-0.25, -0.2) is 0 Å². The standard InChI is InChI=1S/C16H14N2O2/c1-18(10-12-5-4-8-17-9-12)16(19)14-11-20-15-7-3-2-6-13(14)15/h2-9,11H,10H2,1H3. The van der Waals surface area contributed by atoms with Crippen LogP contribution >= 0.6 is 0 Å². The first-order valence-corrected chi connectivity index (χ1v) is 6.36. The summed E-state index contributed by atoms with van der Waals surface area (Å²) in [6.07, 6.45) is 5.00. The van der Waals surface area contributed by atoms with Crippen molar-refractivity contribution in [2.45, 2.75) is 6.54 Å². The van der Waals surface area contributed by atoms with Crippen molar-refractivity contribution in [2.24, 2.45) is 0 Å². The summed E-state index contributed by atoms with van der Waals surface area (Å²) in [6, 6.07) is 11.3. The highest BCUT2D eigenvalue weighted by Gasteiger charge is 2.17. The number of amides is 1. The highest BCUT2D eigenvalue weighted by atomic mass is 16.3. The van der Waals surface area contributed by atoms with Gasteiger partial charge in [-0.05, 0) is 17.7 Å². The molecule has 0 atom stereocenters. The van der Waals surface area contributed by atoms with Gasteiger partial charge >= 0.3 is 0 Å². The van der Waals surface area contributed by atoms with Gasteiger partial charge in [0.05, 0.1) is 5.56 Å². The Kier molecular flexibility index (Phi) is 3.21. The fourth-order valence-electron chi connectivity index (χ4n) is 2.19. The molecular weight excluding hydrogens is 252 g/mol. The van der Waals surface area contributed by atoms with Gasteiger partial charge in [-0.3, -0.25) is 9.78 Å². The second-order valence-electron chi connectivity index (χ2n) is 4.67. The van der Waals surface area contributed by atoms with Gasteiger partial charge in [0.2, 0.25) is 0 Å². The molecule has 2 aromatic heterocycles. The number of furan rings is 1. The Bertz CT molecular complexity index is 734. The van der Waals surface area contributed by atoms with Gasteiger partial charge in [0.1, 0.15) is 11.8 Å². The first-order chi connectivity index (χ1) is 9.75. The van der Waals surface area contributed by atoms with Crippen molar-refractivity contribution in [3.8, 4) is 0 Å². The zero-order valence-electron chi connectivity index (χ0n) is 11.1. The molecule has 1 amide bonds. The predicted octanol–water partition coefficient (Wildman–Crippen LogP) is 3.10. The topological polar surface area (TPSA) is 46.3 Å². The Morgan fingerprint density at radius 1 is 1.25 bits per heavy atom. The van der Waals surface area contributed by atoms with E-state index in [1.807, 2.05) is 36.4 Å². The molecule has 1 aromatic carbocycles. The zero-order chi connectivity index (χ0) is 13.9. The molecule has 0 aliphatic rings. The summed E-state index contributed by atoms with van der Waals surface area (Å²) < 4.78 is 5.41. The summed E-state index contributed by atoms with van der Waals surface area (Å²) in [7, 11) is 1.77. The minimum atomic E-state index is -0.0567. The number of para-hydroxylation sites is 1. The van der Waals surface area contributed by atoms with Crippen LogP contribution in [0.2, 0.25) is 0 Å². The summed E-state index contributed by atoms with van der Waals surface area (Å²) in [5.41, 5.74) is 2.31. The summed E-state index contributed by atoms with van der Waals surface area (Å²) in [5, 5.41) is 0.843. The first kappa shape index (κ1) is 12.4. The molecule has 4 nitrogen and oxygen atoms in total. The maximum absolute atomic E-state index is 12.5. The van der Waals surface area contributed by atoms with E-state index in [1.165, 1.54) is 6.26 Å².